The van der Waals surface area contributed by atoms with E-state index >= 15 is 0 Å². The van der Waals surface area contributed by atoms with Gasteiger partial charge in [-0.2, -0.15) is 0 Å². The van der Waals surface area contributed by atoms with Gasteiger partial charge in [-0.05, 0) is 30.5 Å². The molecule has 1 fully saturated rings. The number of carbonyl (C=O) groups is 2. The van der Waals surface area contributed by atoms with Gasteiger partial charge >= 0.3 is 5.97 Å². The Hall–Kier alpha value is -1.91. The fourth-order valence-corrected chi connectivity index (χ4v) is 1.99. The average Bonchev–Trinajstić information content (AvgIpc) is 3.09. The molecule has 0 unspecified atom stereocenters. The Morgan fingerprint density at radius 2 is 2.11 bits per heavy atom. The van der Waals surface area contributed by atoms with Crippen molar-refractivity contribution in [1.29, 1.82) is 0 Å². The largest absolute Gasteiger partial charge is 0.480 e. The van der Waals surface area contributed by atoms with Gasteiger partial charge in [0.25, 0.3) is 0 Å². The number of rotatable bonds is 4. The average molecular weight is 251 g/mol. The van der Waals surface area contributed by atoms with Crippen LogP contribution in [0.4, 0.5) is 4.39 Å². The highest BCUT2D eigenvalue weighted by Gasteiger charge is 2.58. The van der Waals surface area contributed by atoms with Gasteiger partial charge in [-0.25, -0.2) is 4.39 Å². The van der Waals surface area contributed by atoms with Crippen LogP contribution in [0, 0.1) is 11.2 Å². The van der Waals surface area contributed by atoms with Crippen LogP contribution in [0.5, 0.6) is 0 Å². The van der Waals surface area contributed by atoms with Crippen molar-refractivity contribution in [2.24, 2.45) is 5.41 Å². The van der Waals surface area contributed by atoms with E-state index in [1.54, 1.807) is 12.1 Å². The molecule has 4 nitrogen and oxygen atoms in total. The highest BCUT2D eigenvalue weighted by molar-refractivity contribution is 6.04. The third-order valence-corrected chi connectivity index (χ3v) is 3.22. The molecule has 0 atom stereocenters. The molecule has 18 heavy (non-hydrogen) atoms. The summed E-state index contributed by atoms with van der Waals surface area (Å²) in [7, 11) is 1.54. The van der Waals surface area contributed by atoms with Crippen LogP contribution in [0.1, 0.15) is 18.4 Å². The van der Waals surface area contributed by atoms with E-state index in [0.29, 0.717) is 18.4 Å². The smallest absolute Gasteiger partial charge is 0.319 e. The van der Waals surface area contributed by atoms with Crippen LogP contribution in [0.25, 0.3) is 0 Å². The number of carboxylic acid groups (broad SMARTS) is 1. The van der Waals surface area contributed by atoms with E-state index in [2.05, 4.69) is 0 Å². The van der Waals surface area contributed by atoms with Crippen LogP contribution in [0.15, 0.2) is 24.3 Å². The number of amides is 1. The summed E-state index contributed by atoms with van der Waals surface area (Å²) >= 11 is 0. The minimum absolute atomic E-state index is 0.214. The van der Waals surface area contributed by atoms with E-state index in [4.69, 9.17) is 5.11 Å². The second-order valence-electron chi connectivity index (χ2n) is 4.68. The first-order valence-corrected chi connectivity index (χ1v) is 5.69. The van der Waals surface area contributed by atoms with E-state index in [1.165, 1.54) is 24.1 Å². The maximum absolute atomic E-state index is 13.0. The van der Waals surface area contributed by atoms with Crippen molar-refractivity contribution < 1.29 is 19.1 Å². The number of halogens is 1. The summed E-state index contributed by atoms with van der Waals surface area (Å²) in [5.74, 6) is -1.84. The van der Waals surface area contributed by atoms with Crippen LogP contribution in [0.3, 0.4) is 0 Å². The first-order valence-electron chi connectivity index (χ1n) is 5.69. The molecule has 96 valence electrons. The van der Waals surface area contributed by atoms with Crippen molar-refractivity contribution in [2.45, 2.75) is 19.4 Å². The maximum Gasteiger partial charge on any atom is 0.319 e. The molecule has 0 spiro atoms. The van der Waals surface area contributed by atoms with Gasteiger partial charge in [0.2, 0.25) is 5.91 Å². The van der Waals surface area contributed by atoms with Crippen molar-refractivity contribution >= 4 is 11.9 Å². The molecule has 2 rings (SSSR count). The number of aliphatic carboxylic acids is 1. The Morgan fingerprint density at radius 3 is 2.61 bits per heavy atom. The second-order valence-corrected chi connectivity index (χ2v) is 4.68. The van der Waals surface area contributed by atoms with E-state index in [9.17, 15) is 14.0 Å². The lowest BCUT2D eigenvalue weighted by molar-refractivity contribution is -0.153. The first kappa shape index (κ1) is 12.5. The van der Waals surface area contributed by atoms with Crippen LogP contribution in [0.2, 0.25) is 0 Å². The molecule has 1 aromatic carbocycles. The van der Waals surface area contributed by atoms with Gasteiger partial charge in [0.1, 0.15) is 11.2 Å². The zero-order valence-electron chi connectivity index (χ0n) is 10.0. The van der Waals surface area contributed by atoms with Crippen molar-refractivity contribution in [3.05, 3.63) is 35.6 Å². The summed E-state index contributed by atoms with van der Waals surface area (Å²) in [5.41, 5.74) is -0.589. The number of nitrogens with zero attached hydrogens (tertiary/aromatic N) is 1. The molecule has 0 heterocycles. The molecule has 0 aliphatic heterocycles. The Kier molecular flexibility index (Phi) is 3.07. The summed E-state index contributed by atoms with van der Waals surface area (Å²) in [4.78, 5) is 24.4. The van der Waals surface area contributed by atoms with Gasteiger partial charge in [-0.1, -0.05) is 12.1 Å². The van der Waals surface area contributed by atoms with Crippen molar-refractivity contribution in [2.75, 3.05) is 7.05 Å². The molecule has 1 N–H and O–H groups in total. The molecule has 0 bridgehead atoms. The first-order chi connectivity index (χ1) is 8.45. The third kappa shape index (κ3) is 2.20. The van der Waals surface area contributed by atoms with Crippen LogP contribution in [-0.2, 0) is 16.1 Å². The van der Waals surface area contributed by atoms with E-state index in [0.717, 1.165) is 0 Å². The van der Waals surface area contributed by atoms with Crippen LogP contribution < -0.4 is 0 Å². The Morgan fingerprint density at radius 1 is 1.44 bits per heavy atom. The predicted octanol–water partition coefficient (Wildman–Crippen LogP) is 1.65. The zero-order valence-corrected chi connectivity index (χ0v) is 10.0. The highest BCUT2D eigenvalue weighted by Crippen LogP contribution is 2.47. The monoisotopic (exact) mass is 251 g/mol. The Bertz CT molecular complexity index is 497. The fraction of sp³-hybridized carbons (Fsp3) is 0.385. The number of carboxylic acids is 1. The summed E-state index contributed by atoms with van der Waals surface area (Å²) in [6.45, 7) is 0.214. The molecule has 1 aliphatic carbocycles. The molecule has 0 radical (unpaired) electrons. The molecule has 5 heteroatoms. The van der Waals surface area contributed by atoms with Crippen LogP contribution >= 0.6 is 0 Å². The molecule has 0 saturated heterocycles. The standard InChI is InChI=1S/C13H14FNO3/c1-15(8-9-3-2-4-10(14)7-9)11(16)13(5-6-13)12(17)18/h2-4,7H,5-6,8H2,1H3,(H,17,18). The highest BCUT2D eigenvalue weighted by atomic mass is 19.1. The Labute approximate surface area is 104 Å². The Balaban J connectivity index is 2.07. The molecule has 1 aliphatic rings. The fourth-order valence-electron chi connectivity index (χ4n) is 1.99. The van der Waals surface area contributed by atoms with Gasteiger partial charge in [0.15, 0.2) is 0 Å². The predicted molar refractivity (Wildman–Crippen MR) is 62.2 cm³/mol. The lowest BCUT2D eigenvalue weighted by atomic mass is 10.1. The van der Waals surface area contributed by atoms with Crippen LogP contribution in [-0.4, -0.2) is 28.9 Å². The third-order valence-electron chi connectivity index (χ3n) is 3.22. The van der Waals surface area contributed by atoms with Crippen molar-refractivity contribution in [3.8, 4) is 0 Å². The topological polar surface area (TPSA) is 57.6 Å². The summed E-state index contributed by atoms with van der Waals surface area (Å²) in [6, 6.07) is 5.93. The van der Waals surface area contributed by atoms with Gasteiger partial charge in [0.05, 0.1) is 0 Å². The SMILES string of the molecule is CN(Cc1cccc(F)c1)C(=O)C1(C(=O)O)CC1. The molecule has 1 amide bonds. The van der Waals surface area contributed by atoms with Gasteiger partial charge < -0.3 is 10.0 Å². The van der Waals surface area contributed by atoms with Gasteiger partial charge in [-0.15, -0.1) is 0 Å². The molecular weight excluding hydrogens is 237 g/mol. The van der Waals surface area contributed by atoms with E-state index < -0.39 is 17.3 Å². The summed E-state index contributed by atoms with van der Waals surface area (Å²) in [6.07, 6.45) is 0.767. The number of benzene rings is 1. The van der Waals surface area contributed by atoms with E-state index in [1.807, 2.05) is 0 Å². The lowest BCUT2D eigenvalue weighted by Crippen LogP contribution is -2.38. The minimum Gasteiger partial charge on any atom is -0.480 e. The number of carbonyl (C=O) groups excluding carboxylic acids is 1. The van der Waals surface area contributed by atoms with Gasteiger partial charge in [0, 0.05) is 13.6 Å². The minimum atomic E-state index is -1.23. The number of hydrogen-bond donors (Lipinski definition) is 1. The normalized spacial score (nSPS) is 16.1. The zero-order chi connectivity index (χ0) is 13.3. The van der Waals surface area contributed by atoms with Gasteiger partial charge in [-0.3, -0.25) is 9.59 Å². The summed E-state index contributed by atoms with van der Waals surface area (Å²) < 4.78 is 13.0. The summed E-state index contributed by atoms with van der Waals surface area (Å²) in [5, 5.41) is 9.03. The molecule has 0 aromatic heterocycles. The number of hydrogen-bond acceptors (Lipinski definition) is 2. The quantitative estimate of drug-likeness (QED) is 0.828. The van der Waals surface area contributed by atoms with E-state index in [-0.39, 0.29) is 12.4 Å². The molecule has 1 saturated carbocycles. The van der Waals surface area contributed by atoms with Crippen molar-refractivity contribution in [3.63, 3.8) is 0 Å². The lowest BCUT2D eigenvalue weighted by Gasteiger charge is -2.21. The van der Waals surface area contributed by atoms with Crippen molar-refractivity contribution in [1.82, 2.24) is 4.90 Å². The maximum atomic E-state index is 13.0. The molecule has 1 aromatic rings. The second kappa shape index (κ2) is 4.40. The molecular formula is C13H14FNO3.